The summed E-state index contributed by atoms with van der Waals surface area (Å²) in [6.07, 6.45) is 1.87. The molecule has 2 unspecified atom stereocenters. The number of para-hydroxylation sites is 2. The molecule has 106 valence electrons. The maximum absolute atomic E-state index is 9.06. The molecule has 1 aromatic carbocycles. The molecule has 5 nitrogen and oxygen atoms in total. The van der Waals surface area contributed by atoms with Crippen LogP contribution in [0.5, 0.6) is 0 Å². The zero-order valence-electron chi connectivity index (χ0n) is 11.7. The molecule has 0 bridgehead atoms. The Labute approximate surface area is 122 Å². The smallest absolute Gasteiger partial charge is 0.128 e. The van der Waals surface area contributed by atoms with Crippen molar-refractivity contribution in [3.63, 3.8) is 0 Å². The van der Waals surface area contributed by atoms with Gasteiger partial charge in [0.25, 0.3) is 0 Å². The van der Waals surface area contributed by atoms with Crippen LogP contribution in [0.25, 0.3) is 11.0 Å². The van der Waals surface area contributed by atoms with E-state index < -0.39 is 0 Å². The van der Waals surface area contributed by atoms with Crippen molar-refractivity contribution < 1.29 is 4.42 Å². The van der Waals surface area contributed by atoms with E-state index in [2.05, 4.69) is 11.1 Å². The van der Waals surface area contributed by atoms with Crippen LogP contribution >= 0.6 is 0 Å². The van der Waals surface area contributed by atoms with Crippen molar-refractivity contribution in [2.45, 2.75) is 25.4 Å². The molecule has 0 aliphatic rings. The fourth-order valence-electron chi connectivity index (χ4n) is 2.68. The molecule has 0 fully saturated rings. The summed E-state index contributed by atoms with van der Waals surface area (Å²) in [5.41, 5.74) is 8.00. The van der Waals surface area contributed by atoms with E-state index >= 15 is 0 Å². The van der Waals surface area contributed by atoms with Gasteiger partial charge in [0.05, 0.1) is 29.8 Å². The lowest BCUT2D eigenvalue weighted by Crippen LogP contribution is -2.31. The molecule has 0 radical (unpaired) electrons. The molecule has 2 heterocycles. The highest BCUT2D eigenvalue weighted by Crippen LogP contribution is 2.28. The Kier molecular flexibility index (Phi) is 3.46. The number of fused-ring (bicyclic) bond motifs is 1. The number of rotatable bonds is 4. The van der Waals surface area contributed by atoms with Gasteiger partial charge in [0.2, 0.25) is 0 Å². The Hall–Kier alpha value is -2.58. The molecule has 0 amide bonds. The molecule has 0 saturated heterocycles. The Bertz CT molecular complexity index is 780. The van der Waals surface area contributed by atoms with Crippen LogP contribution in [0.15, 0.2) is 47.1 Å². The Morgan fingerprint density at radius 1 is 1.33 bits per heavy atom. The predicted octanol–water partition coefficient (Wildman–Crippen LogP) is 2.63. The van der Waals surface area contributed by atoms with E-state index in [0.717, 1.165) is 16.8 Å². The lowest BCUT2D eigenvalue weighted by atomic mass is 10.1. The molecule has 0 aliphatic heterocycles. The van der Waals surface area contributed by atoms with Crippen molar-refractivity contribution in [3.05, 3.63) is 54.2 Å². The number of furan rings is 1. The minimum atomic E-state index is -0.184. The van der Waals surface area contributed by atoms with Gasteiger partial charge >= 0.3 is 0 Å². The molecule has 3 aromatic rings. The predicted molar refractivity (Wildman–Crippen MR) is 79.5 cm³/mol. The fourth-order valence-corrected chi connectivity index (χ4v) is 2.68. The van der Waals surface area contributed by atoms with E-state index in [1.54, 1.807) is 6.26 Å². The van der Waals surface area contributed by atoms with Gasteiger partial charge in [-0.15, -0.1) is 0 Å². The van der Waals surface area contributed by atoms with Crippen LogP contribution in [0.3, 0.4) is 0 Å². The maximum Gasteiger partial charge on any atom is 0.128 e. The molecular weight excluding hydrogens is 264 g/mol. The summed E-state index contributed by atoms with van der Waals surface area (Å²) in [6.45, 7) is 1.93. The molecule has 2 aromatic heterocycles. The third kappa shape index (κ3) is 2.30. The quantitative estimate of drug-likeness (QED) is 0.796. The number of imidazole rings is 1. The Morgan fingerprint density at radius 2 is 2.14 bits per heavy atom. The molecule has 2 N–H and O–H groups in total. The average molecular weight is 280 g/mol. The summed E-state index contributed by atoms with van der Waals surface area (Å²) in [4.78, 5) is 4.56. The van der Waals surface area contributed by atoms with E-state index in [-0.39, 0.29) is 18.5 Å². The van der Waals surface area contributed by atoms with Crippen LogP contribution in [0, 0.1) is 11.3 Å². The fraction of sp³-hybridized carbons (Fsp3) is 0.250. The first-order chi connectivity index (χ1) is 10.2. The molecular formula is C16H16N4O. The average Bonchev–Trinajstić information content (AvgIpc) is 3.09. The monoisotopic (exact) mass is 280 g/mol. The SMILES string of the molecule is CC(N)C(c1ccco1)n1c(CC#N)nc2ccccc21. The van der Waals surface area contributed by atoms with E-state index in [1.165, 1.54) is 0 Å². The van der Waals surface area contributed by atoms with Crippen LogP contribution < -0.4 is 5.73 Å². The number of nitrogens with zero attached hydrogens (tertiary/aromatic N) is 3. The zero-order chi connectivity index (χ0) is 14.8. The summed E-state index contributed by atoms with van der Waals surface area (Å²) < 4.78 is 7.57. The normalized spacial score (nSPS) is 14.0. The van der Waals surface area contributed by atoms with Gasteiger partial charge in [0.15, 0.2) is 0 Å². The van der Waals surface area contributed by atoms with Gasteiger partial charge in [-0.25, -0.2) is 4.98 Å². The number of benzene rings is 1. The van der Waals surface area contributed by atoms with Crippen LogP contribution in [-0.4, -0.2) is 15.6 Å². The number of nitriles is 1. The van der Waals surface area contributed by atoms with Gasteiger partial charge in [-0.1, -0.05) is 12.1 Å². The van der Waals surface area contributed by atoms with Gasteiger partial charge in [0.1, 0.15) is 17.6 Å². The first-order valence-electron chi connectivity index (χ1n) is 6.84. The number of hydrogen-bond acceptors (Lipinski definition) is 4. The van der Waals surface area contributed by atoms with Crippen LogP contribution in [0.2, 0.25) is 0 Å². The molecule has 3 rings (SSSR count). The molecule has 0 saturated carbocycles. The van der Waals surface area contributed by atoms with Gasteiger partial charge < -0.3 is 14.7 Å². The number of hydrogen-bond donors (Lipinski definition) is 1. The van der Waals surface area contributed by atoms with Crippen molar-refractivity contribution in [1.29, 1.82) is 5.26 Å². The summed E-state index contributed by atoms with van der Waals surface area (Å²) in [7, 11) is 0. The maximum atomic E-state index is 9.06. The van der Waals surface area contributed by atoms with Gasteiger partial charge in [-0.2, -0.15) is 5.26 Å². The minimum absolute atomic E-state index is 0.175. The Morgan fingerprint density at radius 3 is 2.81 bits per heavy atom. The Balaban J connectivity index is 2.25. The first kappa shape index (κ1) is 13.4. The second kappa shape index (κ2) is 5.43. The van der Waals surface area contributed by atoms with Crippen molar-refractivity contribution in [3.8, 4) is 6.07 Å². The molecule has 0 spiro atoms. The van der Waals surface area contributed by atoms with Crippen LogP contribution in [-0.2, 0) is 6.42 Å². The van der Waals surface area contributed by atoms with E-state index in [9.17, 15) is 0 Å². The van der Waals surface area contributed by atoms with E-state index in [1.807, 2.05) is 47.9 Å². The van der Waals surface area contributed by atoms with Crippen molar-refractivity contribution in [1.82, 2.24) is 9.55 Å². The second-order valence-electron chi connectivity index (χ2n) is 5.04. The summed E-state index contributed by atoms with van der Waals surface area (Å²) in [6, 6.07) is 13.4. The number of aromatic nitrogens is 2. The molecule has 0 aliphatic carbocycles. The highest BCUT2D eigenvalue weighted by molar-refractivity contribution is 5.76. The summed E-state index contributed by atoms with van der Waals surface area (Å²) in [5, 5.41) is 9.06. The third-order valence-electron chi connectivity index (χ3n) is 3.52. The van der Waals surface area contributed by atoms with Gasteiger partial charge in [-0.3, -0.25) is 0 Å². The third-order valence-corrected chi connectivity index (χ3v) is 3.52. The van der Waals surface area contributed by atoms with Gasteiger partial charge in [-0.05, 0) is 31.2 Å². The second-order valence-corrected chi connectivity index (χ2v) is 5.04. The zero-order valence-corrected chi connectivity index (χ0v) is 11.7. The lowest BCUT2D eigenvalue weighted by Gasteiger charge is -2.23. The van der Waals surface area contributed by atoms with Crippen molar-refractivity contribution in [2.75, 3.05) is 0 Å². The van der Waals surface area contributed by atoms with Crippen LogP contribution in [0.4, 0.5) is 0 Å². The molecule has 5 heteroatoms. The first-order valence-corrected chi connectivity index (χ1v) is 6.84. The standard InChI is InChI=1S/C16H16N4O/c1-11(18)16(14-7-4-10-21-14)20-13-6-3-2-5-12(13)19-15(20)8-9-17/h2-7,10-11,16H,8,18H2,1H3. The molecule has 21 heavy (non-hydrogen) atoms. The minimum Gasteiger partial charge on any atom is -0.467 e. The lowest BCUT2D eigenvalue weighted by molar-refractivity contribution is 0.391. The topological polar surface area (TPSA) is 80.8 Å². The van der Waals surface area contributed by atoms with E-state index in [0.29, 0.717) is 5.82 Å². The highest BCUT2D eigenvalue weighted by Gasteiger charge is 2.25. The summed E-state index contributed by atoms with van der Waals surface area (Å²) in [5.74, 6) is 1.48. The molecule has 2 atom stereocenters. The summed E-state index contributed by atoms with van der Waals surface area (Å²) >= 11 is 0. The van der Waals surface area contributed by atoms with Crippen molar-refractivity contribution >= 4 is 11.0 Å². The highest BCUT2D eigenvalue weighted by atomic mass is 16.3. The van der Waals surface area contributed by atoms with E-state index in [4.69, 9.17) is 15.4 Å². The van der Waals surface area contributed by atoms with Crippen molar-refractivity contribution in [2.24, 2.45) is 5.73 Å². The van der Waals surface area contributed by atoms with Gasteiger partial charge in [0, 0.05) is 6.04 Å². The largest absolute Gasteiger partial charge is 0.467 e. The number of nitrogens with two attached hydrogens (primary N) is 1. The van der Waals surface area contributed by atoms with Crippen LogP contribution in [0.1, 0.15) is 24.6 Å².